The number of hydrogen-bond donors (Lipinski definition) is 1. The first-order chi connectivity index (χ1) is 13.2. The van der Waals surface area contributed by atoms with Gasteiger partial charge >= 0.3 is 0 Å². The van der Waals surface area contributed by atoms with E-state index in [1.807, 2.05) is 0 Å². The largest absolute Gasteiger partial charge is 0.495 e. The van der Waals surface area contributed by atoms with Gasteiger partial charge in [0.15, 0.2) is 0 Å². The molecule has 0 unspecified atom stereocenters. The lowest BCUT2D eigenvalue weighted by atomic mass is 10.1. The number of anilines is 1. The zero-order valence-corrected chi connectivity index (χ0v) is 17.3. The Labute approximate surface area is 169 Å². The van der Waals surface area contributed by atoms with Gasteiger partial charge in [0.25, 0.3) is 0 Å². The number of hydrogen-bond acceptors (Lipinski definition) is 4. The van der Waals surface area contributed by atoms with Crippen LogP contribution >= 0.6 is 11.6 Å². The highest BCUT2D eigenvalue weighted by molar-refractivity contribution is 7.92. The van der Waals surface area contributed by atoms with E-state index in [1.54, 1.807) is 31.2 Å². The molecule has 1 atom stereocenters. The first-order valence-electron chi connectivity index (χ1n) is 8.52. The smallest absolute Gasteiger partial charge is 0.244 e. The summed E-state index contributed by atoms with van der Waals surface area (Å²) >= 11 is 6.04. The van der Waals surface area contributed by atoms with Gasteiger partial charge in [-0.3, -0.25) is 9.10 Å². The van der Waals surface area contributed by atoms with Crippen LogP contribution in [-0.4, -0.2) is 33.7 Å². The van der Waals surface area contributed by atoms with Gasteiger partial charge in [-0.25, -0.2) is 12.8 Å². The van der Waals surface area contributed by atoms with Crippen molar-refractivity contribution in [1.29, 1.82) is 0 Å². The number of carbonyl (C=O) groups is 1. The van der Waals surface area contributed by atoms with E-state index in [-0.39, 0.29) is 30.2 Å². The average molecular weight is 429 g/mol. The van der Waals surface area contributed by atoms with Crippen molar-refractivity contribution in [2.24, 2.45) is 0 Å². The number of nitrogens with one attached hydrogen (secondary N) is 1. The SMILES string of the molecule is CC[C@H](C(=O)NCc1ccc(F)cc1)N(c1cc(Cl)ccc1OC)S(C)(=O)=O. The Bertz CT molecular complexity index is 935. The highest BCUT2D eigenvalue weighted by atomic mass is 35.5. The summed E-state index contributed by atoms with van der Waals surface area (Å²) in [6, 6.07) is 9.21. The van der Waals surface area contributed by atoms with Crippen LogP contribution < -0.4 is 14.4 Å². The van der Waals surface area contributed by atoms with Gasteiger partial charge in [-0.05, 0) is 42.3 Å². The normalized spacial score (nSPS) is 12.3. The van der Waals surface area contributed by atoms with Gasteiger partial charge in [-0.15, -0.1) is 0 Å². The van der Waals surface area contributed by atoms with Crippen LogP contribution in [0.4, 0.5) is 10.1 Å². The Hall–Kier alpha value is -2.32. The number of halogens is 2. The molecule has 0 heterocycles. The molecule has 9 heteroatoms. The van der Waals surface area contributed by atoms with Crippen molar-refractivity contribution < 1.29 is 22.3 Å². The Balaban J connectivity index is 2.34. The fourth-order valence-electron chi connectivity index (χ4n) is 2.78. The van der Waals surface area contributed by atoms with E-state index in [0.717, 1.165) is 10.6 Å². The summed E-state index contributed by atoms with van der Waals surface area (Å²) in [5.41, 5.74) is 0.872. The van der Waals surface area contributed by atoms with Crippen molar-refractivity contribution in [3.63, 3.8) is 0 Å². The molecule has 0 fully saturated rings. The summed E-state index contributed by atoms with van der Waals surface area (Å²) in [6.45, 7) is 1.84. The predicted molar refractivity (Wildman–Crippen MR) is 108 cm³/mol. The molecule has 0 aromatic heterocycles. The van der Waals surface area contributed by atoms with Gasteiger partial charge in [0, 0.05) is 11.6 Å². The lowest BCUT2D eigenvalue weighted by Gasteiger charge is -2.31. The third-order valence-electron chi connectivity index (χ3n) is 4.09. The molecule has 2 aromatic rings. The van der Waals surface area contributed by atoms with Crippen LogP contribution in [0, 0.1) is 5.82 Å². The quantitative estimate of drug-likeness (QED) is 0.699. The van der Waals surface area contributed by atoms with E-state index in [0.29, 0.717) is 10.6 Å². The lowest BCUT2D eigenvalue weighted by molar-refractivity contribution is -0.122. The third-order valence-corrected chi connectivity index (χ3v) is 5.49. The lowest BCUT2D eigenvalue weighted by Crippen LogP contribution is -2.49. The molecule has 28 heavy (non-hydrogen) atoms. The number of ether oxygens (including phenoxy) is 1. The van der Waals surface area contributed by atoms with E-state index in [2.05, 4.69) is 5.32 Å². The summed E-state index contributed by atoms with van der Waals surface area (Å²) in [6.07, 6.45) is 1.24. The summed E-state index contributed by atoms with van der Waals surface area (Å²) < 4.78 is 44.4. The Morgan fingerprint density at radius 3 is 2.43 bits per heavy atom. The summed E-state index contributed by atoms with van der Waals surface area (Å²) in [7, 11) is -2.42. The van der Waals surface area contributed by atoms with Crippen molar-refractivity contribution in [1.82, 2.24) is 5.32 Å². The van der Waals surface area contributed by atoms with Crippen molar-refractivity contribution in [2.45, 2.75) is 25.9 Å². The Morgan fingerprint density at radius 1 is 1.25 bits per heavy atom. The first-order valence-corrected chi connectivity index (χ1v) is 10.7. The number of methoxy groups -OCH3 is 1. The minimum atomic E-state index is -3.83. The molecule has 0 aliphatic carbocycles. The number of amides is 1. The predicted octanol–water partition coefficient (Wildman–Crippen LogP) is 3.35. The zero-order chi connectivity index (χ0) is 20.9. The third kappa shape index (κ3) is 5.36. The van der Waals surface area contributed by atoms with Crippen LogP contribution in [0.2, 0.25) is 5.02 Å². The van der Waals surface area contributed by atoms with Crippen LogP contribution in [0.1, 0.15) is 18.9 Å². The maximum Gasteiger partial charge on any atom is 0.244 e. The highest BCUT2D eigenvalue weighted by Gasteiger charge is 2.33. The van der Waals surface area contributed by atoms with Crippen molar-refractivity contribution in [3.05, 3.63) is 58.9 Å². The van der Waals surface area contributed by atoms with E-state index in [4.69, 9.17) is 16.3 Å². The number of sulfonamides is 1. The minimum absolute atomic E-state index is 0.139. The van der Waals surface area contributed by atoms with E-state index < -0.39 is 22.0 Å². The molecular weight excluding hydrogens is 407 g/mol. The summed E-state index contributed by atoms with van der Waals surface area (Å²) in [5.74, 6) is -0.586. The first kappa shape index (κ1) is 22.0. The van der Waals surface area contributed by atoms with Crippen LogP contribution in [0.15, 0.2) is 42.5 Å². The van der Waals surface area contributed by atoms with Gasteiger partial charge in [-0.2, -0.15) is 0 Å². The molecule has 0 bridgehead atoms. The minimum Gasteiger partial charge on any atom is -0.495 e. The van der Waals surface area contributed by atoms with Crippen LogP contribution in [0.5, 0.6) is 5.75 Å². The highest BCUT2D eigenvalue weighted by Crippen LogP contribution is 2.34. The maximum absolute atomic E-state index is 13.0. The topological polar surface area (TPSA) is 75.7 Å². The molecule has 1 N–H and O–H groups in total. The summed E-state index contributed by atoms with van der Waals surface area (Å²) in [5, 5.41) is 3.01. The number of rotatable bonds is 8. The average Bonchev–Trinajstić information content (AvgIpc) is 2.64. The molecule has 6 nitrogen and oxygen atoms in total. The standard InChI is InChI=1S/C19H22ClFN2O4S/c1-4-16(19(24)22-12-13-5-8-15(21)9-6-13)23(28(3,25)26)17-11-14(20)7-10-18(17)27-2/h5-11,16H,4,12H2,1-3H3,(H,22,24)/t16-/m1/s1. The van der Waals surface area contributed by atoms with Gasteiger partial charge in [0.05, 0.1) is 19.1 Å². The second kappa shape index (κ2) is 9.25. The van der Waals surface area contributed by atoms with Crippen molar-refractivity contribution in [3.8, 4) is 5.75 Å². The van der Waals surface area contributed by atoms with Crippen LogP contribution in [0.25, 0.3) is 0 Å². The summed E-state index contributed by atoms with van der Waals surface area (Å²) in [4.78, 5) is 12.8. The fourth-order valence-corrected chi connectivity index (χ4v) is 4.15. The van der Waals surface area contributed by atoms with Crippen LogP contribution in [-0.2, 0) is 21.4 Å². The molecule has 152 valence electrons. The second-order valence-electron chi connectivity index (χ2n) is 6.14. The molecule has 0 saturated carbocycles. The molecule has 0 radical (unpaired) electrons. The van der Waals surface area contributed by atoms with Gasteiger partial charge in [-0.1, -0.05) is 30.7 Å². The molecule has 0 saturated heterocycles. The maximum atomic E-state index is 13.0. The fraction of sp³-hybridized carbons (Fsp3) is 0.316. The number of carbonyl (C=O) groups excluding carboxylic acids is 1. The monoisotopic (exact) mass is 428 g/mol. The Kier molecular flexibility index (Phi) is 7.26. The molecule has 0 aliphatic rings. The van der Waals surface area contributed by atoms with E-state index >= 15 is 0 Å². The molecule has 1 amide bonds. The molecule has 0 aliphatic heterocycles. The molecule has 2 aromatic carbocycles. The van der Waals surface area contributed by atoms with Gasteiger partial charge in [0.1, 0.15) is 17.6 Å². The molecule has 2 rings (SSSR count). The van der Waals surface area contributed by atoms with Crippen molar-refractivity contribution in [2.75, 3.05) is 17.7 Å². The van der Waals surface area contributed by atoms with E-state index in [1.165, 1.54) is 25.3 Å². The van der Waals surface area contributed by atoms with E-state index in [9.17, 15) is 17.6 Å². The number of benzene rings is 2. The van der Waals surface area contributed by atoms with Gasteiger partial charge in [0.2, 0.25) is 15.9 Å². The zero-order valence-electron chi connectivity index (χ0n) is 15.8. The Morgan fingerprint density at radius 2 is 1.89 bits per heavy atom. The number of nitrogens with zero attached hydrogens (tertiary/aromatic N) is 1. The van der Waals surface area contributed by atoms with Crippen LogP contribution in [0.3, 0.4) is 0 Å². The van der Waals surface area contributed by atoms with Crippen molar-refractivity contribution >= 4 is 33.2 Å². The van der Waals surface area contributed by atoms with Gasteiger partial charge < -0.3 is 10.1 Å². The second-order valence-corrected chi connectivity index (χ2v) is 8.44. The molecule has 0 spiro atoms. The molecular formula is C19H22ClFN2O4S.